The Morgan fingerprint density at radius 2 is 1.74 bits per heavy atom. The average Bonchev–Trinajstić information content (AvgIpc) is 3.59. The Morgan fingerprint density at radius 3 is 2.32 bits per heavy atom. The maximum atomic E-state index is 13.4. The van der Waals surface area contributed by atoms with Crippen molar-refractivity contribution in [2.45, 2.75) is 75.2 Å². The summed E-state index contributed by atoms with van der Waals surface area (Å²) in [6.07, 6.45) is 2.74. The predicted octanol–water partition coefficient (Wildman–Crippen LogP) is 5.18. The van der Waals surface area contributed by atoms with E-state index in [0.717, 1.165) is 51.1 Å². The van der Waals surface area contributed by atoms with Crippen LogP contribution in [0.5, 0.6) is 0 Å². The molecule has 0 spiro atoms. The number of aromatic nitrogens is 1. The van der Waals surface area contributed by atoms with Gasteiger partial charge in [-0.15, -0.1) is 0 Å². The van der Waals surface area contributed by atoms with Gasteiger partial charge in [-0.05, 0) is 68.9 Å². The van der Waals surface area contributed by atoms with Crippen LogP contribution < -0.4 is 0 Å². The summed E-state index contributed by atoms with van der Waals surface area (Å²) in [5, 5.41) is 9.87. The zero-order valence-corrected chi connectivity index (χ0v) is 17.5. The van der Waals surface area contributed by atoms with E-state index in [1.54, 1.807) is 6.20 Å². The molecule has 0 radical (unpaired) electrons. The van der Waals surface area contributed by atoms with Crippen molar-refractivity contribution < 1.29 is 23.1 Å². The third-order valence-corrected chi connectivity index (χ3v) is 6.57. The van der Waals surface area contributed by atoms with Gasteiger partial charge in [0.1, 0.15) is 0 Å². The minimum absolute atomic E-state index is 0.0960. The van der Waals surface area contributed by atoms with Crippen molar-refractivity contribution in [3.05, 3.63) is 65.5 Å². The highest BCUT2D eigenvalue weighted by atomic mass is 19.4. The number of hydrogen-bond donors (Lipinski definition) is 1. The van der Waals surface area contributed by atoms with Gasteiger partial charge in [-0.2, -0.15) is 13.2 Å². The number of pyridine rings is 1. The topological polar surface area (TPSA) is 53.4 Å². The summed E-state index contributed by atoms with van der Waals surface area (Å²) in [5.41, 5.74) is -1.82. The van der Waals surface area contributed by atoms with Crippen molar-refractivity contribution in [3.63, 3.8) is 0 Å². The molecule has 0 bridgehead atoms. The third kappa shape index (κ3) is 4.47. The summed E-state index contributed by atoms with van der Waals surface area (Å²) in [5.74, 6) is 0.158. The molecule has 1 aromatic carbocycles. The van der Waals surface area contributed by atoms with Gasteiger partial charge >= 0.3 is 6.18 Å². The summed E-state index contributed by atoms with van der Waals surface area (Å²) in [6.45, 7) is 0.722. The van der Waals surface area contributed by atoms with Gasteiger partial charge in [0.15, 0.2) is 5.60 Å². The molecule has 31 heavy (non-hydrogen) atoms. The molecule has 0 aliphatic heterocycles. The Morgan fingerprint density at radius 1 is 1.03 bits per heavy atom. The smallest absolute Gasteiger partial charge is 0.376 e. The van der Waals surface area contributed by atoms with Crippen LogP contribution in [0, 0.1) is 0 Å². The molecule has 3 atom stereocenters. The van der Waals surface area contributed by atoms with Gasteiger partial charge in [-0.3, -0.25) is 9.78 Å². The zero-order chi connectivity index (χ0) is 22.2. The fraction of sp³-hybridized carbons (Fsp3) is 0.500. The van der Waals surface area contributed by atoms with Crippen molar-refractivity contribution in [1.29, 1.82) is 0 Å². The van der Waals surface area contributed by atoms with Gasteiger partial charge in [-0.1, -0.05) is 24.6 Å². The van der Waals surface area contributed by atoms with Gasteiger partial charge in [-0.25, -0.2) is 0 Å². The van der Waals surface area contributed by atoms with Crippen molar-refractivity contribution in [2.75, 3.05) is 0 Å². The number of nitrogens with zero attached hydrogens (tertiary/aromatic N) is 2. The molecule has 4 nitrogen and oxygen atoms in total. The predicted molar refractivity (Wildman–Crippen MR) is 110 cm³/mol. The van der Waals surface area contributed by atoms with Crippen molar-refractivity contribution >= 4 is 5.91 Å². The summed E-state index contributed by atoms with van der Waals surface area (Å²) in [7, 11) is 0. The van der Waals surface area contributed by atoms with Crippen LogP contribution >= 0.6 is 0 Å². The van der Waals surface area contributed by atoms with Crippen molar-refractivity contribution in [3.8, 4) is 0 Å². The quantitative estimate of drug-likeness (QED) is 0.708. The standard InChI is InChI=1S/C24H27F3N2O2/c1-23(31,24(25,26)27)18-10-8-16(9-11-18)22(30)29(19-12-13-19)20-6-4-5-17(15-20)21-7-2-3-14-28-21/h2-3,7-11,14,17,19-20,31H,4-6,12-13,15H2,1H3/t17-,20-,23-/m0/s1. The van der Waals surface area contributed by atoms with E-state index in [1.165, 1.54) is 24.3 Å². The molecule has 2 aromatic rings. The average molecular weight is 432 g/mol. The normalized spacial score (nSPS) is 23.8. The second-order valence-corrected chi connectivity index (χ2v) is 8.86. The van der Waals surface area contributed by atoms with E-state index < -0.39 is 11.8 Å². The van der Waals surface area contributed by atoms with E-state index in [4.69, 9.17) is 0 Å². The lowest BCUT2D eigenvalue weighted by Gasteiger charge is -2.38. The summed E-state index contributed by atoms with van der Waals surface area (Å²) >= 11 is 0. The minimum atomic E-state index is -4.79. The Labute approximate surface area is 180 Å². The molecular formula is C24H27F3N2O2. The van der Waals surface area contributed by atoms with E-state index >= 15 is 0 Å². The van der Waals surface area contributed by atoms with E-state index in [2.05, 4.69) is 4.98 Å². The monoisotopic (exact) mass is 432 g/mol. The largest absolute Gasteiger partial charge is 0.421 e. The minimum Gasteiger partial charge on any atom is -0.376 e. The lowest BCUT2D eigenvalue weighted by Crippen LogP contribution is -2.44. The SMILES string of the molecule is C[C@](O)(c1ccc(C(=O)N(C2CC2)[C@H]2CCC[C@H](c3ccccn3)C2)cc1)C(F)(F)F. The fourth-order valence-corrected chi connectivity index (χ4v) is 4.54. The summed E-state index contributed by atoms with van der Waals surface area (Å²) in [4.78, 5) is 19.8. The first-order chi connectivity index (χ1) is 14.7. The van der Waals surface area contributed by atoms with Gasteiger partial charge in [0.05, 0.1) is 0 Å². The second-order valence-electron chi connectivity index (χ2n) is 8.86. The first-order valence-electron chi connectivity index (χ1n) is 10.8. The van der Waals surface area contributed by atoms with Gasteiger partial charge in [0.2, 0.25) is 0 Å². The summed E-state index contributed by atoms with van der Waals surface area (Å²) < 4.78 is 39.3. The number of rotatable bonds is 5. The number of hydrogen-bond acceptors (Lipinski definition) is 3. The van der Waals surface area contributed by atoms with Crippen molar-refractivity contribution in [1.82, 2.24) is 9.88 Å². The zero-order valence-electron chi connectivity index (χ0n) is 17.5. The molecule has 2 aliphatic rings. The highest BCUT2D eigenvalue weighted by Crippen LogP contribution is 2.41. The molecule has 1 amide bonds. The van der Waals surface area contributed by atoms with Gasteiger partial charge < -0.3 is 10.0 Å². The van der Waals surface area contributed by atoms with Crippen LogP contribution in [0.2, 0.25) is 0 Å². The van der Waals surface area contributed by atoms with Crippen LogP contribution in [0.3, 0.4) is 0 Å². The molecule has 2 aliphatic carbocycles. The van der Waals surface area contributed by atoms with Crippen LogP contribution in [0.15, 0.2) is 48.7 Å². The summed E-state index contributed by atoms with van der Waals surface area (Å²) in [6, 6.07) is 11.4. The number of alkyl halides is 3. The molecule has 2 saturated carbocycles. The molecule has 2 fully saturated rings. The highest BCUT2D eigenvalue weighted by Gasteiger charge is 2.51. The van der Waals surface area contributed by atoms with E-state index in [1.807, 2.05) is 23.1 Å². The van der Waals surface area contributed by atoms with Crippen LogP contribution in [0.25, 0.3) is 0 Å². The molecule has 1 heterocycles. The number of amides is 1. The Balaban J connectivity index is 1.53. The number of carbonyl (C=O) groups excluding carboxylic acids is 1. The first kappa shape index (κ1) is 21.8. The molecule has 7 heteroatoms. The maximum Gasteiger partial charge on any atom is 0.421 e. The Hall–Kier alpha value is -2.41. The molecule has 0 unspecified atom stereocenters. The van der Waals surface area contributed by atoms with E-state index in [9.17, 15) is 23.1 Å². The Kier molecular flexibility index (Phi) is 5.81. The Bertz CT molecular complexity index is 909. The highest BCUT2D eigenvalue weighted by molar-refractivity contribution is 5.95. The van der Waals surface area contributed by atoms with Gasteiger partial charge in [0, 0.05) is 35.5 Å². The first-order valence-corrected chi connectivity index (χ1v) is 10.8. The van der Waals surface area contributed by atoms with Crippen LogP contribution in [-0.4, -0.2) is 39.2 Å². The van der Waals surface area contributed by atoms with Crippen LogP contribution in [-0.2, 0) is 5.60 Å². The molecule has 1 N–H and O–H groups in total. The molecule has 166 valence electrons. The second kappa shape index (κ2) is 8.26. The lowest BCUT2D eigenvalue weighted by molar-refractivity contribution is -0.258. The molecule has 4 rings (SSSR count). The molecular weight excluding hydrogens is 405 g/mol. The third-order valence-electron chi connectivity index (χ3n) is 6.57. The van der Waals surface area contributed by atoms with E-state index in [-0.39, 0.29) is 23.6 Å². The maximum absolute atomic E-state index is 13.4. The van der Waals surface area contributed by atoms with Crippen LogP contribution in [0.1, 0.15) is 73.0 Å². The van der Waals surface area contributed by atoms with Crippen LogP contribution in [0.4, 0.5) is 13.2 Å². The molecule has 0 saturated heterocycles. The number of aliphatic hydroxyl groups is 1. The number of benzene rings is 1. The van der Waals surface area contributed by atoms with Crippen molar-refractivity contribution in [2.24, 2.45) is 0 Å². The van der Waals surface area contributed by atoms with E-state index in [0.29, 0.717) is 11.5 Å². The number of halogens is 3. The molecule has 1 aromatic heterocycles. The lowest BCUT2D eigenvalue weighted by atomic mass is 9.82. The number of carbonyl (C=O) groups is 1. The fourth-order valence-electron chi connectivity index (χ4n) is 4.54. The van der Waals surface area contributed by atoms with Gasteiger partial charge in [0.25, 0.3) is 5.91 Å².